The van der Waals surface area contributed by atoms with Gasteiger partial charge in [-0.15, -0.1) is 0 Å². The van der Waals surface area contributed by atoms with Crippen molar-refractivity contribution in [2.45, 2.75) is 70.0 Å². The molecule has 0 unspecified atom stereocenters. The van der Waals surface area contributed by atoms with E-state index in [1.54, 1.807) is 12.1 Å². The first-order valence-electron chi connectivity index (χ1n) is 19.7. The molecule has 0 aliphatic carbocycles. The second-order valence-corrected chi connectivity index (χ2v) is 21.1. The van der Waals surface area contributed by atoms with Crippen LogP contribution in [0.1, 0.15) is 67.0 Å². The molecule has 4 N–H and O–H groups in total. The summed E-state index contributed by atoms with van der Waals surface area (Å²) < 4.78 is 18.7. The fourth-order valence-electron chi connectivity index (χ4n) is 6.75. The lowest BCUT2D eigenvalue weighted by Gasteiger charge is -2.39. The Morgan fingerprint density at radius 1 is 0.912 bits per heavy atom. The maximum Gasteiger partial charge on any atom is 0.248 e. The third-order valence-electron chi connectivity index (χ3n) is 11.0. The fraction of sp³-hybridized carbons (Fsp3) is 0.348. The Hall–Kier alpha value is -5.04. The van der Waals surface area contributed by atoms with E-state index in [4.69, 9.17) is 13.7 Å². The number of hydrogen-bond donors (Lipinski definition) is 4. The molecule has 6 aromatic rings. The highest BCUT2D eigenvalue weighted by Gasteiger charge is 2.40. The molecule has 0 saturated carbocycles. The average Bonchev–Trinajstić information content (AvgIpc) is 3.67. The van der Waals surface area contributed by atoms with E-state index < -0.39 is 13.9 Å². The van der Waals surface area contributed by atoms with Gasteiger partial charge in [0.2, 0.25) is 5.56 Å². The summed E-state index contributed by atoms with van der Waals surface area (Å²) in [6.45, 7) is 14.4. The molecule has 0 amide bonds. The lowest BCUT2D eigenvalue weighted by Crippen LogP contribution is -2.43. The molecule has 1 atom stereocenters. The highest BCUT2D eigenvalue weighted by atomic mass is 28.4. The molecule has 4 aromatic carbocycles. The van der Waals surface area contributed by atoms with Gasteiger partial charge in [-0.1, -0.05) is 105 Å². The number of phenols is 1. The first kappa shape index (κ1) is 41.6. The van der Waals surface area contributed by atoms with Gasteiger partial charge in [0.1, 0.15) is 17.2 Å². The van der Waals surface area contributed by atoms with E-state index in [1.165, 1.54) is 11.6 Å². The molecule has 57 heavy (non-hydrogen) atoms. The number of aromatic amines is 1. The topological polar surface area (TPSA) is 133 Å². The van der Waals surface area contributed by atoms with Crippen molar-refractivity contribution >= 4 is 19.2 Å². The summed E-state index contributed by atoms with van der Waals surface area (Å²) in [5.74, 6) is 1.55. The lowest BCUT2D eigenvalue weighted by molar-refractivity contribution is 0.116. The molecule has 11 heteroatoms. The van der Waals surface area contributed by atoms with E-state index in [0.717, 1.165) is 53.8 Å². The van der Waals surface area contributed by atoms with Gasteiger partial charge >= 0.3 is 0 Å². The summed E-state index contributed by atoms with van der Waals surface area (Å²) in [5, 5.41) is 31.2. The monoisotopic (exact) mass is 788 g/mol. The van der Waals surface area contributed by atoms with Crippen LogP contribution in [0.5, 0.6) is 11.5 Å². The Labute approximate surface area is 336 Å². The normalized spacial score (nSPS) is 13.0. The van der Waals surface area contributed by atoms with Gasteiger partial charge in [-0.2, -0.15) is 0 Å². The first-order valence-corrected chi connectivity index (χ1v) is 22.6. The molecule has 10 nitrogen and oxygen atoms in total. The number of aliphatic hydroxyl groups is 1. The maximum absolute atomic E-state index is 12.1. The third kappa shape index (κ3) is 10.1. The van der Waals surface area contributed by atoms with Gasteiger partial charge in [0, 0.05) is 30.6 Å². The summed E-state index contributed by atoms with van der Waals surface area (Å²) in [5.41, 5.74) is 2.78. The van der Waals surface area contributed by atoms with Crippen LogP contribution in [0.15, 0.2) is 125 Å². The van der Waals surface area contributed by atoms with Crippen LogP contribution in [-0.4, -0.2) is 66.9 Å². The third-order valence-corrected chi connectivity index (χ3v) is 15.5. The molecule has 0 aliphatic heterocycles. The SMILES string of the molecule is CN(CCCOc1ccc(CCNC[C@H](O[Si](C)(C)C(C)(C)C)c2ccc(O)c3[nH]c(=O)ccc23)cc1)Cc1cc(C(O)(c2ccccc2)c2ccccc2)no1. The van der Waals surface area contributed by atoms with Crippen LogP contribution in [0.4, 0.5) is 0 Å². The molecule has 0 spiro atoms. The number of pyridine rings is 1. The number of benzene rings is 4. The van der Waals surface area contributed by atoms with E-state index in [9.17, 15) is 15.0 Å². The number of rotatable bonds is 18. The number of H-pyrrole nitrogens is 1. The van der Waals surface area contributed by atoms with E-state index in [-0.39, 0.29) is 22.5 Å². The second kappa shape index (κ2) is 18.0. The van der Waals surface area contributed by atoms with Crippen LogP contribution in [0.25, 0.3) is 10.9 Å². The maximum atomic E-state index is 12.1. The number of aromatic hydroxyl groups is 1. The Bertz CT molecular complexity index is 2210. The van der Waals surface area contributed by atoms with Crippen molar-refractivity contribution in [1.82, 2.24) is 20.4 Å². The quantitative estimate of drug-likeness (QED) is 0.0502. The van der Waals surface area contributed by atoms with Gasteiger partial charge in [0.25, 0.3) is 0 Å². The molecule has 0 radical (unpaired) electrons. The van der Waals surface area contributed by atoms with Crippen LogP contribution in [0.3, 0.4) is 0 Å². The largest absolute Gasteiger partial charge is 0.506 e. The molecular formula is C46H56N4O6Si. The minimum atomic E-state index is -2.16. The fourth-order valence-corrected chi connectivity index (χ4v) is 8.03. The van der Waals surface area contributed by atoms with Gasteiger partial charge in [-0.25, -0.2) is 0 Å². The Morgan fingerprint density at radius 3 is 2.23 bits per heavy atom. The van der Waals surface area contributed by atoms with Crippen molar-refractivity contribution in [3.63, 3.8) is 0 Å². The highest BCUT2D eigenvalue weighted by Crippen LogP contribution is 2.41. The van der Waals surface area contributed by atoms with E-state index in [0.29, 0.717) is 36.7 Å². The molecule has 0 saturated heterocycles. The van der Waals surface area contributed by atoms with Crippen molar-refractivity contribution in [3.8, 4) is 11.5 Å². The Balaban J connectivity index is 0.974. The Kier molecular flexibility index (Phi) is 13.2. The van der Waals surface area contributed by atoms with Crippen LogP contribution < -0.4 is 15.6 Å². The van der Waals surface area contributed by atoms with Gasteiger partial charge in [-0.3, -0.25) is 9.69 Å². The summed E-state index contributed by atoms with van der Waals surface area (Å²) in [6, 6.07) is 35.9. The molecule has 0 aliphatic rings. The molecule has 0 fully saturated rings. The standard InChI is InChI=1S/C46H56N4O6Si/c1-45(2,3)57(5,6)56-41(38-22-24-40(51)44-39(38)23-25-43(52)48-44)31-47-27-26-33-18-20-36(21-19-33)54-29-13-28-50(4)32-37-30-42(49-55-37)46(53,34-14-9-7-10-15-34)35-16-11-8-12-17-35/h7-12,14-25,30,41,47,51,53H,13,26-29,31-32H2,1-6H3,(H,48,52)/t41-/m0/s1. The van der Waals surface area contributed by atoms with Crippen LogP contribution in [0, 0.1) is 0 Å². The van der Waals surface area contributed by atoms with Crippen molar-refractivity contribution in [2.24, 2.45) is 0 Å². The van der Waals surface area contributed by atoms with Crippen LogP contribution in [0.2, 0.25) is 18.1 Å². The highest BCUT2D eigenvalue weighted by molar-refractivity contribution is 6.74. The van der Waals surface area contributed by atoms with Crippen molar-refractivity contribution in [1.29, 1.82) is 0 Å². The molecule has 0 bridgehead atoms. The number of nitrogens with zero attached hydrogens (tertiary/aromatic N) is 2. The van der Waals surface area contributed by atoms with Crippen molar-refractivity contribution in [3.05, 3.63) is 159 Å². The lowest BCUT2D eigenvalue weighted by atomic mass is 9.83. The van der Waals surface area contributed by atoms with Gasteiger partial charge in [-0.05, 0) is 91.1 Å². The van der Waals surface area contributed by atoms with Crippen molar-refractivity contribution < 1.29 is 23.9 Å². The van der Waals surface area contributed by atoms with E-state index >= 15 is 0 Å². The average molecular weight is 789 g/mol. The molecule has 6 rings (SSSR count). The Morgan fingerprint density at radius 2 is 1.58 bits per heavy atom. The van der Waals surface area contributed by atoms with Gasteiger partial charge in [0.15, 0.2) is 19.7 Å². The number of ether oxygens (including phenoxy) is 1. The zero-order valence-electron chi connectivity index (χ0n) is 33.9. The number of aromatic nitrogens is 2. The van der Waals surface area contributed by atoms with E-state index in [2.05, 4.69) is 66.4 Å². The summed E-state index contributed by atoms with van der Waals surface area (Å²) in [4.78, 5) is 17.0. The minimum absolute atomic E-state index is 0.00941. The predicted molar refractivity (Wildman–Crippen MR) is 228 cm³/mol. The summed E-state index contributed by atoms with van der Waals surface area (Å²) >= 11 is 0. The molecule has 2 aromatic heterocycles. The summed E-state index contributed by atoms with van der Waals surface area (Å²) in [7, 11) is -0.135. The van der Waals surface area contributed by atoms with Crippen LogP contribution in [-0.2, 0) is 23.0 Å². The van der Waals surface area contributed by atoms with Crippen LogP contribution >= 0.6 is 0 Å². The zero-order valence-corrected chi connectivity index (χ0v) is 34.9. The number of phenolic OH excluding ortho intramolecular Hbond substituents is 1. The van der Waals surface area contributed by atoms with Crippen molar-refractivity contribution in [2.75, 3.05) is 33.3 Å². The molecular weight excluding hydrogens is 733 g/mol. The van der Waals surface area contributed by atoms with Gasteiger partial charge in [0.05, 0.1) is 24.8 Å². The number of fused-ring (bicyclic) bond motifs is 1. The number of nitrogens with one attached hydrogen (secondary N) is 2. The zero-order chi connectivity index (χ0) is 40.6. The minimum Gasteiger partial charge on any atom is -0.506 e. The molecule has 300 valence electrons. The second-order valence-electron chi connectivity index (χ2n) is 16.3. The smallest absolute Gasteiger partial charge is 0.248 e. The number of hydrogen-bond acceptors (Lipinski definition) is 9. The first-order chi connectivity index (χ1) is 27.2. The molecule has 2 heterocycles. The predicted octanol–water partition coefficient (Wildman–Crippen LogP) is 8.30. The van der Waals surface area contributed by atoms with Gasteiger partial charge < -0.3 is 34.2 Å². The summed E-state index contributed by atoms with van der Waals surface area (Å²) in [6.07, 6.45) is 1.40. The van der Waals surface area contributed by atoms with E-state index in [1.807, 2.05) is 92.0 Å².